The predicted molar refractivity (Wildman–Crippen MR) is 97.0 cm³/mol. The third kappa shape index (κ3) is 6.31. The molecular weight excluding hydrogens is 328 g/mol. The van der Waals surface area contributed by atoms with Gasteiger partial charge in [-0.15, -0.1) is 0 Å². The van der Waals surface area contributed by atoms with Crippen molar-refractivity contribution in [2.24, 2.45) is 5.10 Å². The molecule has 0 amide bonds. The van der Waals surface area contributed by atoms with Gasteiger partial charge >= 0.3 is 0 Å². The number of hydrogen-bond acceptors (Lipinski definition) is 5. The molecule has 1 heterocycles. The zero-order chi connectivity index (χ0) is 17.2. The van der Waals surface area contributed by atoms with E-state index in [2.05, 4.69) is 15.8 Å². The number of methoxy groups -OCH3 is 1. The first kappa shape index (κ1) is 18.4. The second-order valence-corrected chi connectivity index (χ2v) is 5.93. The lowest BCUT2D eigenvalue weighted by Crippen LogP contribution is -3.14. The van der Waals surface area contributed by atoms with Crippen LogP contribution in [0.3, 0.4) is 0 Å². The van der Waals surface area contributed by atoms with Crippen molar-refractivity contribution in [3.05, 3.63) is 23.8 Å². The minimum atomic E-state index is 0.0993. The molecule has 0 atom stereocenters. The van der Waals surface area contributed by atoms with Gasteiger partial charge in [-0.05, 0) is 36.0 Å². The molecule has 1 fully saturated rings. The molecular formula is C16H25N4O3S+. The zero-order valence-corrected chi connectivity index (χ0v) is 14.7. The average Bonchev–Trinajstić information content (AvgIpc) is 2.61. The topological polar surface area (TPSA) is 79.5 Å². The maximum Gasteiger partial charge on any atom is 0.186 e. The Kier molecular flexibility index (Phi) is 7.73. The maximum atomic E-state index is 9.54. The van der Waals surface area contributed by atoms with E-state index in [0.717, 1.165) is 51.4 Å². The highest BCUT2D eigenvalue weighted by molar-refractivity contribution is 7.80. The molecule has 2 rings (SSSR count). The van der Waals surface area contributed by atoms with Gasteiger partial charge in [0, 0.05) is 13.0 Å². The molecule has 1 aliphatic heterocycles. The van der Waals surface area contributed by atoms with Crippen molar-refractivity contribution in [2.75, 3.05) is 46.5 Å². The average molecular weight is 353 g/mol. The summed E-state index contributed by atoms with van der Waals surface area (Å²) < 4.78 is 10.4. The van der Waals surface area contributed by atoms with Crippen LogP contribution in [0.4, 0.5) is 0 Å². The van der Waals surface area contributed by atoms with Crippen LogP contribution >= 0.6 is 12.2 Å². The number of hydrogen-bond donors (Lipinski definition) is 4. The Balaban J connectivity index is 1.63. The second-order valence-electron chi connectivity index (χ2n) is 5.52. The minimum Gasteiger partial charge on any atom is -0.504 e. The normalized spacial score (nSPS) is 15.4. The highest BCUT2D eigenvalue weighted by atomic mass is 32.1. The summed E-state index contributed by atoms with van der Waals surface area (Å²) in [6, 6.07) is 5.00. The highest BCUT2D eigenvalue weighted by Gasteiger charge is 2.12. The van der Waals surface area contributed by atoms with Crippen LogP contribution in [0.25, 0.3) is 0 Å². The zero-order valence-electron chi connectivity index (χ0n) is 13.9. The molecule has 1 aromatic rings. The van der Waals surface area contributed by atoms with Crippen molar-refractivity contribution in [2.45, 2.75) is 6.42 Å². The molecule has 0 spiro atoms. The lowest BCUT2D eigenvalue weighted by molar-refractivity contribution is -0.908. The Morgan fingerprint density at radius 2 is 2.25 bits per heavy atom. The smallest absolute Gasteiger partial charge is 0.186 e. The summed E-state index contributed by atoms with van der Waals surface area (Å²) in [5, 5.41) is 17.2. The van der Waals surface area contributed by atoms with E-state index in [9.17, 15) is 5.11 Å². The Bertz CT molecular complexity index is 562. The van der Waals surface area contributed by atoms with Crippen LogP contribution in [-0.4, -0.2) is 62.9 Å². The van der Waals surface area contributed by atoms with Crippen LogP contribution in [-0.2, 0) is 4.74 Å². The number of hydrazone groups is 1. The molecule has 1 aliphatic rings. The Hall–Kier alpha value is -1.90. The highest BCUT2D eigenvalue weighted by Crippen LogP contribution is 2.25. The summed E-state index contributed by atoms with van der Waals surface area (Å²) in [6.07, 6.45) is 2.67. The summed E-state index contributed by atoms with van der Waals surface area (Å²) in [7, 11) is 1.51. The first-order valence-corrected chi connectivity index (χ1v) is 8.45. The van der Waals surface area contributed by atoms with E-state index in [1.807, 2.05) is 0 Å². The number of ether oxygens (including phenoxy) is 2. The van der Waals surface area contributed by atoms with Gasteiger partial charge in [0.2, 0.25) is 0 Å². The molecule has 7 nitrogen and oxygen atoms in total. The SMILES string of the molecule is COc1cc(/C=N/NC(=S)NCCC[NH+]2CCOCC2)ccc1O. The lowest BCUT2D eigenvalue weighted by atomic mass is 10.2. The van der Waals surface area contributed by atoms with E-state index in [-0.39, 0.29) is 5.75 Å². The standard InChI is InChI=1S/C16H24N4O3S/c1-22-15-11-13(3-4-14(15)21)12-18-19-16(24)17-5-2-6-20-7-9-23-10-8-20/h3-4,11-12,21H,2,5-10H2,1H3,(H2,17,19,24)/p+1/b18-12+. The van der Waals surface area contributed by atoms with Gasteiger partial charge in [-0.25, -0.2) is 0 Å². The summed E-state index contributed by atoms with van der Waals surface area (Å²) in [6.45, 7) is 5.83. The van der Waals surface area contributed by atoms with Gasteiger partial charge in [0.1, 0.15) is 13.1 Å². The number of morpholine rings is 1. The molecule has 1 saturated heterocycles. The van der Waals surface area contributed by atoms with Crippen molar-refractivity contribution in [1.82, 2.24) is 10.7 Å². The van der Waals surface area contributed by atoms with E-state index in [0.29, 0.717) is 10.9 Å². The number of nitrogens with one attached hydrogen (secondary N) is 3. The van der Waals surface area contributed by atoms with E-state index in [1.165, 1.54) is 7.11 Å². The summed E-state index contributed by atoms with van der Waals surface area (Å²) in [5.41, 5.74) is 3.58. The Labute approximate surface area is 147 Å². The molecule has 0 bridgehead atoms. The van der Waals surface area contributed by atoms with E-state index in [1.54, 1.807) is 29.3 Å². The number of aromatic hydroxyl groups is 1. The van der Waals surface area contributed by atoms with Crippen molar-refractivity contribution in [3.8, 4) is 11.5 Å². The molecule has 0 aliphatic carbocycles. The largest absolute Gasteiger partial charge is 0.504 e. The van der Waals surface area contributed by atoms with Crippen molar-refractivity contribution in [1.29, 1.82) is 0 Å². The molecule has 1 aromatic carbocycles. The van der Waals surface area contributed by atoms with Gasteiger partial charge < -0.3 is 24.8 Å². The predicted octanol–water partition coefficient (Wildman–Crippen LogP) is -0.496. The third-order valence-corrected chi connectivity index (χ3v) is 4.01. The van der Waals surface area contributed by atoms with Crippen LogP contribution in [0, 0.1) is 0 Å². The molecule has 4 N–H and O–H groups in total. The number of phenols is 1. The van der Waals surface area contributed by atoms with Gasteiger partial charge in [0.05, 0.1) is 33.1 Å². The number of rotatable bonds is 7. The summed E-state index contributed by atoms with van der Waals surface area (Å²) in [5.74, 6) is 0.507. The maximum absolute atomic E-state index is 9.54. The number of phenolic OH excluding ortho intramolecular Hbond substituents is 1. The minimum absolute atomic E-state index is 0.0993. The third-order valence-electron chi connectivity index (χ3n) is 3.78. The van der Waals surface area contributed by atoms with Crippen LogP contribution in [0.15, 0.2) is 23.3 Å². The van der Waals surface area contributed by atoms with Gasteiger partial charge in [-0.2, -0.15) is 5.10 Å². The van der Waals surface area contributed by atoms with Crippen LogP contribution in [0.1, 0.15) is 12.0 Å². The summed E-state index contributed by atoms with van der Waals surface area (Å²) >= 11 is 5.18. The van der Waals surface area contributed by atoms with Crippen LogP contribution in [0.2, 0.25) is 0 Å². The van der Waals surface area contributed by atoms with E-state index >= 15 is 0 Å². The van der Waals surface area contributed by atoms with Crippen molar-refractivity contribution < 1.29 is 19.5 Å². The molecule has 132 valence electrons. The first-order chi connectivity index (χ1) is 11.7. The molecule has 24 heavy (non-hydrogen) atoms. The molecule has 0 unspecified atom stereocenters. The fourth-order valence-corrected chi connectivity index (χ4v) is 2.58. The first-order valence-electron chi connectivity index (χ1n) is 8.04. The van der Waals surface area contributed by atoms with E-state index < -0.39 is 0 Å². The number of thiocarbonyl (C=S) groups is 1. The lowest BCUT2D eigenvalue weighted by Gasteiger charge is -2.23. The van der Waals surface area contributed by atoms with E-state index in [4.69, 9.17) is 21.7 Å². The second kappa shape index (κ2) is 10.1. The molecule has 8 heteroatoms. The quantitative estimate of drug-likeness (QED) is 0.229. The Morgan fingerprint density at radius 3 is 3.00 bits per heavy atom. The van der Waals surface area contributed by atoms with Crippen molar-refractivity contribution >= 4 is 23.5 Å². The molecule has 0 radical (unpaired) electrons. The fraction of sp³-hybridized carbons (Fsp3) is 0.500. The van der Waals surface area contributed by atoms with Gasteiger partial charge in [-0.1, -0.05) is 0 Å². The van der Waals surface area contributed by atoms with Gasteiger partial charge in [0.15, 0.2) is 16.6 Å². The van der Waals surface area contributed by atoms with Crippen LogP contribution < -0.4 is 20.4 Å². The number of quaternary nitrogens is 1. The molecule has 0 saturated carbocycles. The van der Waals surface area contributed by atoms with Crippen molar-refractivity contribution in [3.63, 3.8) is 0 Å². The van der Waals surface area contributed by atoms with Crippen LogP contribution in [0.5, 0.6) is 11.5 Å². The summed E-state index contributed by atoms with van der Waals surface area (Å²) in [4.78, 5) is 1.58. The number of benzene rings is 1. The monoisotopic (exact) mass is 353 g/mol. The molecule has 0 aromatic heterocycles. The van der Waals surface area contributed by atoms with Gasteiger partial charge in [0.25, 0.3) is 0 Å². The fourth-order valence-electron chi connectivity index (χ4n) is 2.43. The number of nitrogens with zero attached hydrogens (tertiary/aromatic N) is 1. The van der Waals surface area contributed by atoms with Gasteiger partial charge in [-0.3, -0.25) is 5.43 Å². The Morgan fingerprint density at radius 1 is 1.46 bits per heavy atom.